The van der Waals surface area contributed by atoms with Gasteiger partial charge in [-0.05, 0) is 31.2 Å². The minimum Gasteiger partial charge on any atom is -0.496 e. The zero-order valence-electron chi connectivity index (χ0n) is 13.1. The van der Waals surface area contributed by atoms with Crippen LogP contribution in [0, 0.1) is 0 Å². The highest BCUT2D eigenvalue weighted by molar-refractivity contribution is 6.12. The summed E-state index contributed by atoms with van der Waals surface area (Å²) in [7, 11) is 1.54. The van der Waals surface area contributed by atoms with Crippen molar-refractivity contribution in [2.24, 2.45) is 0 Å². The number of amides is 2. The fourth-order valence-electron chi connectivity index (χ4n) is 2.85. The summed E-state index contributed by atoms with van der Waals surface area (Å²) in [6.45, 7) is 1.87. The highest BCUT2D eigenvalue weighted by Gasteiger charge is 2.31. The molecule has 2 amide bonds. The molecule has 2 aromatic rings. The predicted molar refractivity (Wildman–Crippen MR) is 89.0 cm³/mol. The number of carbonyl (C=O) groups excluding carboxylic acids is 2. The number of fused-ring (bicyclic) bond motifs is 1. The first-order valence-corrected chi connectivity index (χ1v) is 7.47. The number of benzene rings is 2. The number of para-hydroxylation sites is 3. The molecular weight excluding hydrogens is 292 g/mol. The Balaban J connectivity index is 2.10. The molecule has 0 aromatic heterocycles. The largest absolute Gasteiger partial charge is 0.496 e. The van der Waals surface area contributed by atoms with Gasteiger partial charge in [-0.2, -0.15) is 0 Å². The van der Waals surface area contributed by atoms with Crippen LogP contribution in [-0.4, -0.2) is 25.0 Å². The Hall–Kier alpha value is -2.82. The summed E-state index contributed by atoms with van der Waals surface area (Å²) < 4.78 is 5.30. The lowest BCUT2D eigenvalue weighted by Crippen LogP contribution is -2.39. The highest BCUT2D eigenvalue weighted by Crippen LogP contribution is 2.33. The van der Waals surface area contributed by atoms with Crippen molar-refractivity contribution in [2.45, 2.75) is 19.4 Å². The van der Waals surface area contributed by atoms with E-state index in [9.17, 15) is 9.59 Å². The molecule has 3 rings (SSSR count). The summed E-state index contributed by atoms with van der Waals surface area (Å²) in [5, 5.41) is 2.85. The lowest BCUT2D eigenvalue weighted by atomic mass is 10.1. The molecule has 1 aliphatic heterocycles. The Labute approximate surface area is 134 Å². The van der Waals surface area contributed by atoms with Crippen molar-refractivity contribution in [2.75, 3.05) is 17.3 Å². The standard InChI is InChI=1S/C18H18N2O3/c1-12-11-17(21)19-14-8-4-5-9-15(14)20(12)18(22)13-7-3-6-10-16(13)23-2/h3-10,12H,11H2,1-2H3,(H,19,21)/t12-/m0/s1. The first-order chi connectivity index (χ1) is 11.1. The van der Waals surface area contributed by atoms with Crippen molar-refractivity contribution in [1.82, 2.24) is 0 Å². The lowest BCUT2D eigenvalue weighted by molar-refractivity contribution is -0.116. The maximum atomic E-state index is 13.1. The van der Waals surface area contributed by atoms with Gasteiger partial charge in [-0.15, -0.1) is 0 Å². The summed E-state index contributed by atoms with van der Waals surface area (Å²) in [4.78, 5) is 26.8. The third kappa shape index (κ3) is 2.77. The number of methoxy groups -OCH3 is 1. The second-order valence-electron chi connectivity index (χ2n) is 5.49. The molecule has 0 aliphatic carbocycles. The van der Waals surface area contributed by atoms with E-state index in [-0.39, 0.29) is 24.3 Å². The molecule has 1 heterocycles. The Morgan fingerprint density at radius 1 is 1.17 bits per heavy atom. The van der Waals surface area contributed by atoms with E-state index in [1.54, 1.807) is 29.2 Å². The first kappa shape index (κ1) is 15.1. The van der Waals surface area contributed by atoms with Gasteiger partial charge < -0.3 is 15.0 Å². The molecular formula is C18H18N2O3. The van der Waals surface area contributed by atoms with E-state index in [1.807, 2.05) is 31.2 Å². The van der Waals surface area contributed by atoms with Crippen LogP contribution in [0.25, 0.3) is 0 Å². The summed E-state index contributed by atoms with van der Waals surface area (Å²) in [5.41, 5.74) is 1.82. The Morgan fingerprint density at radius 2 is 1.87 bits per heavy atom. The highest BCUT2D eigenvalue weighted by atomic mass is 16.5. The van der Waals surface area contributed by atoms with Crippen LogP contribution in [0.2, 0.25) is 0 Å². The molecule has 1 aliphatic rings. The van der Waals surface area contributed by atoms with Crippen LogP contribution < -0.4 is 15.0 Å². The molecule has 5 heteroatoms. The van der Waals surface area contributed by atoms with Gasteiger partial charge in [-0.3, -0.25) is 9.59 Å². The van der Waals surface area contributed by atoms with Crippen LogP contribution in [0.5, 0.6) is 5.75 Å². The molecule has 0 radical (unpaired) electrons. The summed E-state index contributed by atoms with van der Waals surface area (Å²) in [5.74, 6) is 0.241. The normalized spacial score (nSPS) is 17.0. The summed E-state index contributed by atoms with van der Waals surface area (Å²) in [6.07, 6.45) is 0.246. The van der Waals surface area contributed by atoms with Gasteiger partial charge in [0.1, 0.15) is 5.75 Å². The van der Waals surface area contributed by atoms with Crippen LogP contribution in [0.4, 0.5) is 11.4 Å². The molecule has 0 bridgehead atoms. The number of hydrogen-bond donors (Lipinski definition) is 1. The van der Waals surface area contributed by atoms with Gasteiger partial charge >= 0.3 is 0 Å². The Morgan fingerprint density at radius 3 is 2.65 bits per heavy atom. The quantitative estimate of drug-likeness (QED) is 0.927. The average Bonchev–Trinajstić information content (AvgIpc) is 2.68. The van der Waals surface area contributed by atoms with E-state index in [2.05, 4.69) is 5.32 Å². The second-order valence-corrected chi connectivity index (χ2v) is 5.49. The van der Waals surface area contributed by atoms with Gasteiger partial charge in [0.15, 0.2) is 0 Å². The predicted octanol–water partition coefficient (Wildman–Crippen LogP) is 3.07. The fourth-order valence-corrected chi connectivity index (χ4v) is 2.85. The van der Waals surface area contributed by atoms with E-state index in [0.717, 1.165) is 0 Å². The molecule has 0 fully saturated rings. The van der Waals surface area contributed by atoms with Gasteiger partial charge in [-0.25, -0.2) is 0 Å². The average molecular weight is 310 g/mol. The number of hydrogen-bond acceptors (Lipinski definition) is 3. The van der Waals surface area contributed by atoms with Crippen LogP contribution >= 0.6 is 0 Å². The van der Waals surface area contributed by atoms with E-state index < -0.39 is 0 Å². The molecule has 5 nitrogen and oxygen atoms in total. The molecule has 0 spiro atoms. The third-order valence-electron chi connectivity index (χ3n) is 3.92. The van der Waals surface area contributed by atoms with Crippen molar-refractivity contribution in [3.05, 3.63) is 54.1 Å². The van der Waals surface area contributed by atoms with Gasteiger partial charge in [0.2, 0.25) is 5.91 Å². The van der Waals surface area contributed by atoms with E-state index in [1.165, 1.54) is 7.11 Å². The minimum absolute atomic E-state index is 0.0970. The molecule has 1 N–H and O–H groups in total. The first-order valence-electron chi connectivity index (χ1n) is 7.47. The molecule has 118 valence electrons. The molecule has 2 aromatic carbocycles. The maximum absolute atomic E-state index is 13.1. The van der Waals surface area contributed by atoms with E-state index in [4.69, 9.17) is 4.74 Å². The van der Waals surface area contributed by atoms with Gasteiger partial charge in [0, 0.05) is 12.5 Å². The number of nitrogens with zero attached hydrogens (tertiary/aromatic N) is 1. The SMILES string of the molecule is COc1ccccc1C(=O)N1c2ccccc2NC(=O)C[C@@H]1C. The van der Waals surface area contributed by atoms with E-state index in [0.29, 0.717) is 22.7 Å². The van der Waals surface area contributed by atoms with Crippen molar-refractivity contribution in [1.29, 1.82) is 0 Å². The van der Waals surface area contributed by atoms with Gasteiger partial charge in [0.05, 0.1) is 24.0 Å². The maximum Gasteiger partial charge on any atom is 0.262 e. The molecule has 1 atom stereocenters. The van der Waals surface area contributed by atoms with Crippen molar-refractivity contribution < 1.29 is 14.3 Å². The summed E-state index contributed by atoms with van der Waals surface area (Å²) in [6, 6.07) is 14.2. The van der Waals surface area contributed by atoms with Crippen molar-refractivity contribution in [3.8, 4) is 5.75 Å². The van der Waals surface area contributed by atoms with Gasteiger partial charge in [0.25, 0.3) is 5.91 Å². The number of carbonyl (C=O) groups is 2. The lowest BCUT2D eigenvalue weighted by Gasteiger charge is -2.28. The molecule has 23 heavy (non-hydrogen) atoms. The fraction of sp³-hybridized carbons (Fsp3) is 0.222. The second kappa shape index (κ2) is 6.12. The number of nitrogens with one attached hydrogen (secondary N) is 1. The van der Waals surface area contributed by atoms with Crippen LogP contribution in [0.3, 0.4) is 0 Å². The Bertz CT molecular complexity index is 757. The number of ether oxygens (including phenoxy) is 1. The smallest absolute Gasteiger partial charge is 0.262 e. The van der Waals surface area contributed by atoms with Crippen molar-refractivity contribution >= 4 is 23.2 Å². The van der Waals surface area contributed by atoms with Crippen LogP contribution in [0.1, 0.15) is 23.7 Å². The monoisotopic (exact) mass is 310 g/mol. The zero-order valence-corrected chi connectivity index (χ0v) is 13.1. The van der Waals surface area contributed by atoms with E-state index >= 15 is 0 Å². The van der Waals surface area contributed by atoms with Gasteiger partial charge in [-0.1, -0.05) is 24.3 Å². The van der Waals surface area contributed by atoms with Crippen molar-refractivity contribution in [3.63, 3.8) is 0 Å². The molecule has 0 saturated carbocycles. The van der Waals surface area contributed by atoms with Crippen LogP contribution in [0.15, 0.2) is 48.5 Å². The zero-order chi connectivity index (χ0) is 16.4. The third-order valence-corrected chi connectivity index (χ3v) is 3.92. The molecule has 0 saturated heterocycles. The van der Waals surface area contributed by atoms with Crippen LogP contribution in [-0.2, 0) is 4.79 Å². The number of rotatable bonds is 2. The minimum atomic E-state index is -0.254. The Kier molecular flexibility index (Phi) is 4.02. The number of anilines is 2. The summed E-state index contributed by atoms with van der Waals surface area (Å²) >= 11 is 0. The molecule has 0 unspecified atom stereocenters. The topological polar surface area (TPSA) is 58.6 Å².